The number of nitrogen functional groups attached to an aromatic ring is 1. The minimum absolute atomic E-state index is 0.657. The van der Waals surface area contributed by atoms with Crippen LogP contribution in [-0.4, -0.2) is 5.11 Å². The SMILES string of the molecule is Cc1ccc(C(O)c2cccc(C)c2N)cc1. The van der Waals surface area contributed by atoms with E-state index < -0.39 is 6.10 Å². The largest absolute Gasteiger partial charge is 0.398 e. The van der Waals surface area contributed by atoms with Crippen LogP contribution in [0.25, 0.3) is 0 Å². The number of aryl methyl sites for hydroxylation is 2. The van der Waals surface area contributed by atoms with Gasteiger partial charge in [0, 0.05) is 11.3 Å². The lowest BCUT2D eigenvalue weighted by atomic mass is 9.97. The standard InChI is InChI=1S/C15H17NO/c1-10-6-8-12(9-7-10)15(17)13-5-3-4-11(2)14(13)16/h3-9,15,17H,16H2,1-2H3. The molecule has 17 heavy (non-hydrogen) atoms. The fourth-order valence-electron chi connectivity index (χ4n) is 1.87. The molecule has 2 aromatic carbocycles. The summed E-state index contributed by atoms with van der Waals surface area (Å²) in [7, 11) is 0. The van der Waals surface area contributed by atoms with Crippen molar-refractivity contribution < 1.29 is 5.11 Å². The molecule has 0 saturated heterocycles. The lowest BCUT2D eigenvalue weighted by Gasteiger charge is -2.15. The molecule has 2 aromatic rings. The predicted molar refractivity (Wildman–Crippen MR) is 70.8 cm³/mol. The van der Waals surface area contributed by atoms with Crippen molar-refractivity contribution in [3.05, 3.63) is 64.7 Å². The van der Waals surface area contributed by atoms with Crippen molar-refractivity contribution in [2.75, 3.05) is 5.73 Å². The number of aliphatic hydroxyl groups is 1. The maximum Gasteiger partial charge on any atom is 0.106 e. The minimum Gasteiger partial charge on any atom is -0.398 e. The average Bonchev–Trinajstić information content (AvgIpc) is 2.33. The number of aliphatic hydroxyl groups excluding tert-OH is 1. The molecule has 0 heterocycles. The molecule has 0 fully saturated rings. The quantitative estimate of drug-likeness (QED) is 0.775. The molecule has 0 aliphatic rings. The molecule has 2 heteroatoms. The number of benzene rings is 2. The second kappa shape index (κ2) is 4.60. The van der Waals surface area contributed by atoms with Gasteiger partial charge in [-0.3, -0.25) is 0 Å². The third kappa shape index (κ3) is 2.32. The van der Waals surface area contributed by atoms with E-state index in [4.69, 9.17) is 5.73 Å². The van der Waals surface area contributed by atoms with E-state index in [1.807, 2.05) is 56.3 Å². The van der Waals surface area contributed by atoms with Gasteiger partial charge in [-0.25, -0.2) is 0 Å². The lowest BCUT2D eigenvalue weighted by Crippen LogP contribution is -2.05. The molecule has 0 spiro atoms. The average molecular weight is 227 g/mol. The van der Waals surface area contributed by atoms with Crippen LogP contribution in [0.15, 0.2) is 42.5 Å². The van der Waals surface area contributed by atoms with E-state index in [2.05, 4.69) is 0 Å². The Balaban J connectivity index is 2.40. The number of rotatable bonds is 2. The molecule has 1 atom stereocenters. The summed E-state index contributed by atoms with van der Waals surface area (Å²) in [6.07, 6.45) is -0.657. The first-order chi connectivity index (χ1) is 8.09. The predicted octanol–water partition coefficient (Wildman–Crippen LogP) is 2.97. The van der Waals surface area contributed by atoms with Crippen LogP contribution in [0.5, 0.6) is 0 Å². The first-order valence-corrected chi connectivity index (χ1v) is 5.69. The zero-order chi connectivity index (χ0) is 12.4. The van der Waals surface area contributed by atoms with Crippen LogP contribution in [0.2, 0.25) is 0 Å². The van der Waals surface area contributed by atoms with Gasteiger partial charge in [-0.1, -0.05) is 48.0 Å². The van der Waals surface area contributed by atoms with E-state index >= 15 is 0 Å². The summed E-state index contributed by atoms with van der Waals surface area (Å²) in [6, 6.07) is 13.6. The Hall–Kier alpha value is -1.80. The zero-order valence-corrected chi connectivity index (χ0v) is 10.1. The molecule has 2 rings (SSSR count). The second-order valence-electron chi connectivity index (χ2n) is 4.39. The number of hydrogen-bond donors (Lipinski definition) is 2. The van der Waals surface area contributed by atoms with Gasteiger partial charge in [0.15, 0.2) is 0 Å². The molecular formula is C15H17NO. The van der Waals surface area contributed by atoms with Gasteiger partial charge in [-0.15, -0.1) is 0 Å². The molecule has 0 bridgehead atoms. The Morgan fingerprint density at radius 2 is 1.65 bits per heavy atom. The van der Waals surface area contributed by atoms with Crippen molar-refractivity contribution in [3.8, 4) is 0 Å². The van der Waals surface area contributed by atoms with Crippen molar-refractivity contribution in [2.45, 2.75) is 20.0 Å². The molecule has 0 amide bonds. The maximum absolute atomic E-state index is 10.3. The molecule has 0 aliphatic heterocycles. The first-order valence-electron chi connectivity index (χ1n) is 5.69. The first kappa shape index (κ1) is 11.7. The normalized spacial score (nSPS) is 12.4. The molecule has 0 saturated carbocycles. The van der Waals surface area contributed by atoms with E-state index in [0.29, 0.717) is 5.69 Å². The van der Waals surface area contributed by atoms with Gasteiger partial charge < -0.3 is 10.8 Å². The molecule has 3 N–H and O–H groups in total. The summed E-state index contributed by atoms with van der Waals surface area (Å²) in [5.74, 6) is 0. The molecule has 0 radical (unpaired) electrons. The van der Waals surface area contributed by atoms with Crippen molar-refractivity contribution in [2.24, 2.45) is 0 Å². The Morgan fingerprint density at radius 1 is 1.00 bits per heavy atom. The molecule has 2 nitrogen and oxygen atoms in total. The van der Waals surface area contributed by atoms with E-state index in [0.717, 1.165) is 16.7 Å². The number of nitrogens with two attached hydrogens (primary N) is 1. The molecule has 1 unspecified atom stereocenters. The van der Waals surface area contributed by atoms with Gasteiger partial charge in [-0.2, -0.15) is 0 Å². The Labute approximate surface area is 102 Å². The fraction of sp³-hybridized carbons (Fsp3) is 0.200. The number of para-hydroxylation sites is 1. The molecule has 88 valence electrons. The lowest BCUT2D eigenvalue weighted by molar-refractivity contribution is 0.221. The highest BCUT2D eigenvalue weighted by atomic mass is 16.3. The van der Waals surface area contributed by atoms with Crippen LogP contribution in [0.4, 0.5) is 5.69 Å². The fourth-order valence-corrected chi connectivity index (χ4v) is 1.87. The highest BCUT2D eigenvalue weighted by Crippen LogP contribution is 2.28. The van der Waals surface area contributed by atoms with Crippen LogP contribution in [0, 0.1) is 13.8 Å². The zero-order valence-electron chi connectivity index (χ0n) is 10.1. The van der Waals surface area contributed by atoms with Crippen molar-refractivity contribution in [1.29, 1.82) is 0 Å². The Kier molecular flexibility index (Phi) is 3.16. The van der Waals surface area contributed by atoms with Crippen LogP contribution in [0.1, 0.15) is 28.4 Å². The Bertz CT molecular complexity index is 517. The van der Waals surface area contributed by atoms with Crippen LogP contribution in [-0.2, 0) is 0 Å². The summed E-state index contributed by atoms with van der Waals surface area (Å²) < 4.78 is 0. The topological polar surface area (TPSA) is 46.2 Å². The van der Waals surface area contributed by atoms with Crippen molar-refractivity contribution in [3.63, 3.8) is 0 Å². The molecular weight excluding hydrogens is 210 g/mol. The van der Waals surface area contributed by atoms with E-state index in [9.17, 15) is 5.11 Å². The van der Waals surface area contributed by atoms with Gasteiger partial charge in [0.2, 0.25) is 0 Å². The summed E-state index contributed by atoms with van der Waals surface area (Å²) in [4.78, 5) is 0. The maximum atomic E-state index is 10.3. The summed E-state index contributed by atoms with van der Waals surface area (Å²) >= 11 is 0. The number of anilines is 1. The highest BCUT2D eigenvalue weighted by molar-refractivity contribution is 5.55. The third-order valence-corrected chi connectivity index (χ3v) is 3.05. The van der Waals surface area contributed by atoms with Gasteiger partial charge in [-0.05, 0) is 25.0 Å². The third-order valence-electron chi connectivity index (χ3n) is 3.05. The van der Waals surface area contributed by atoms with Gasteiger partial charge in [0.25, 0.3) is 0 Å². The monoisotopic (exact) mass is 227 g/mol. The van der Waals surface area contributed by atoms with Crippen LogP contribution >= 0.6 is 0 Å². The molecule has 0 aliphatic carbocycles. The van der Waals surface area contributed by atoms with E-state index in [-0.39, 0.29) is 0 Å². The van der Waals surface area contributed by atoms with Gasteiger partial charge in [0.1, 0.15) is 6.10 Å². The summed E-state index contributed by atoms with van der Waals surface area (Å²) in [6.45, 7) is 3.97. The second-order valence-corrected chi connectivity index (χ2v) is 4.39. The van der Waals surface area contributed by atoms with Gasteiger partial charge >= 0.3 is 0 Å². The highest BCUT2D eigenvalue weighted by Gasteiger charge is 2.13. The van der Waals surface area contributed by atoms with Crippen LogP contribution in [0.3, 0.4) is 0 Å². The minimum atomic E-state index is -0.657. The Morgan fingerprint density at radius 3 is 2.29 bits per heavy atom. The van der Waals surface area contributed by atoms with Crippen molar-refractivity contribution >= 4 is 5.69 Å². The van der Waals surface area contributed by atoms with E-state index in [1.165, 1.54) is 5.56 Å². The molecule has 0 aromatic heterocycles. The summed E-state index contributed by atoms with van der Waals surface area (Å²) in [5, 5.41) is 10.3. The smallest absolute Gasteiger partial charge is 0.106 e. The van der Waals surface area contributed by atoms with Crippen LogP contribution < -0.4 is 5.73 Å². The van der Waals surface area contributed by atoms with E-state index in [1.54, 1.807) is 0 Å². The van der Waals surface area contributed by atoms with Crippen molar-refractivity contribution in [1.82, 2.24) is 0 Å². The number of hydrogen-bond acceptors (Lipinski definition) is 2. The van der Waals surface area contributed by atoms with Gasteiger partial charge in [0.05, 0.1) is 0 Å². The summed E-state index contributed by atoms with van der Waals surface area (Å²) in [5.41, 5.74) is 10.5.